The first kappa shape index (κ1) is 30.4. The third-order valence-corrected chi connectivity index (χ3v) is 9.02. The van der Waals surface area contributed by atoms with Gasteiger partial charge >= 0.3 is 0 Å². The predicted molar refractivity (Wildman–Crippen MR) is 192 cm³/mol. The Morgan fingerprint density at radius 1 is 0.681 bits per heavy atom. The van der Waals surface area contributed by atoms with E-state index < -0.39 is 0 Å². The first-order chi connectivity index (χ1) is 23.3. The number of hydrogen-bond acceptors (Lipinski definition) is 4. The van der Waals surface area contributed by atoms with Crippen LogP contribution in [-0.4, -0.2) is 59.2 Å². The molecule has 234 valence electrons. The fourth-order valence-corrected chi connectivity index (χ4v) is 6.74. The summed E-state index contributed by atoms with van der Waals surface area (Å²) in [6.07, 6.45) is 2.20. The molecule has 0 saturated carbocycles. The van der Waals surface area contributed by atoms with Crippen molar-refractivity contribution in [3.8, 4) is 16.9 Å². The van der Waals surface area contributed by atoms with Crippen LogP contribution >= 0.6 is 0 Å². The molecule has 1 saturated heterocycles. The molecule has 2 heterocycles. The van der Waals surface area contributed by atoms with Crippen LogP contribution in [0.3, 0.4) is 0 Å². The number of nitrogens with zero attached hydrogens (tertiary/aromatic N) is 4. The second kappa shape index (κ2) is 14.4. The van der Waals surface area contributed by atoms with Gasteiger partial charge in [-0.25, -0.2) is 5.43 Å². The van der Waals surface area contributed by atoms with Gasteiger partial charge in [0, 0.05) is 55.8 Å². The number of carbonyl (C=O) groups excluding carboxylic acids is 1. The molecule has 1 aromatic heterocycles. The molecule has 6 nitrogen and oxygen atoms in total. The second-order valence-electron chi connectivity index (χ2n) is 12.0. The molecule has 1 aliphatic heterocycles. The number of carbonyl (C=O) groups is 1. The first-order valence-corrected chi connectivity index (χ1v) is 16.4. The van der Waals surface area contributed by atoms with E-state index in [-0.39, 0.29) is 11.9 Å². The van der Waals surface area contributed by atoms with Gasteiger partial charge in [-0.3, -0.25) is 9.69 Å². The minimum Gasteiger partial charge on any atom is -0.309 e. The van der Waals surface area contributed by atoms with E-state index in [1.165, 1.54) is 11.1 Å². The molecule has 1 N–H and O–H groups in total. The van der Waals surface area contributed by atoms with Gasteiger partial charge in [0.15, 0.2) is 0 Å². The van der Waals surface area contributed by atoms with Crippen molar-refractivity contribution in [2.45, 2.75) is 12.5 Å². The number of rotatable bonds is 10. The molecule has 1 amide bonds. The topological polar surface area (TPSA) is 52.9 Å². The first-order valence-electron chi connectivity index (χ1n) is 16.4. The Morgan fingerprint density at radius 2 is 1.23 bits per heavy atom. The van der Waals surface area contributed by atoms with E-state index in [0.29, 0.717) is 13.0 Å². The molecule has 0 spiro atoms. The van der Waals surface area contributed by atoms with E-state index >= 15 is 0 Å². The number of aromatic nitrogens is 1. The number of para-hydroxylation sites is 2. The molecule has 0 aliphatic carbocycles. The summed E-state index contributed by atoms with van der Waals surface area (Å²) in [5, 5.41) is 5.57. The summed E-state index contributed by atoms with van der Waals surface area (Å²) >= 11 is 0. The fraction of sp³-hybridized carbons (Fsp3) is 0.171. The predicted octanol–water partition coefficient (Wildman–Crippen LogP) is 7.54. The Kier molecular flexibility index (Phi) is 9.31. The normalized spacial score (nSPS) is 14.2. The van der Waals surface area contributed by atoms with Gasteiger partial charge in [-0.1, -0.05) is 127 Å². The molecule has 7 rings (SSSR count). The summed E-state index contributed by atoms with van der Waals surface area (Å²) in [6.45, 7) is 4.45. The summed E-state index contributed by atoms with van der Waals surface area (Å²) in [7, 11) is 0. The summed E-state index contributed by atoms with van der Waals surface area (Å²) in [4.78, 5) is 17.9. The van der Waals surface area contributed by atoms with E-state index in [1.807, 2.05) is 30.3 Å². The lowest BCUT2D eigenvalue weighted by molar-refractivity contribution is -0.121. The van der Waals surface area contributed by atoms with Crippen molar-refractivity contribution in [2.75, 3.05) is 32.7 Å². The monoisotopic (exact) mass is 617 g/mol. The number of hydrogen-bond donors (Lipinski definition) is 1. The maximum atomic E-state index is 13.0. The maximum absolute atomic E-state index is 13.0. The van der Waals surface area contributed by atoms with Gasteiger partial charge in [-0.15, -0.1) is 0 Å². The summed E-state index contributed by atoms with van der Waals surface area (Å²) < 4.78 is 2.27. The largest absolute Gasteiger partial charge is 0.309 e. The lowest BCUT2D eigenvalue weighted by Gasteiger charge is -2.39. The molecule has 5 aromatic carbocycles. The number of amides is 1. The van der Waals surface area contributed by atoms with Crippen molar-refractivity contribution < 1.29 is 4.79 Å². The van der Waals surface area contributed by atoms with Crippen molar-refractivity contribution in [1.29, 1.82) is 0 Å². The molecule has 1 aliphatic rings. The average molecular weight is 618 g/mol. The highest BCUT2D eigenvalue weighted by Crippen LogP contribution is 2.35. The van der Waals surface area contributed by atoms with Crippen LogP contribution in [0.2, 0.25) is 0 Å². The van der Waals surface area contributed by atoms with Crippen molar-refractivity contribution >= 4 is 23.0 Å². The lowest BCUT2D eigenvalue weighted by atomic mass is 9.96. The van der Waals surface area contributed by atoms with Crippen LogP contribution in [0.1, 0.15) is 29.2 Å². The molecule has 0 radical (unpaired) electrons. The maximum Gasteiger partial charge on any atom is 0.241 e. The zero-order chi connectivity index (χ0) is 31.8. The highest BCUT2D eigenvalue weighted by Gasteiger charge is 2.26. The smallest absolute Gasteiger partial charge is 0.241 e. The lowest BCUT2D eigenvalue weighted by Crippen LogP contribution is -2.48. The molecule has 47 heavy (non-hydrogen) atoms. The van der Waals surface area contributed by atoms with Crippen LogP contribution in [0, 0.1) is 0 Å². The zero-order valence-electron chi connectivity index (χ0n) is 26.5. The van der Waals surface area contributed by atoms with Gasteiger partial charge < -0.3 is 9.47 Å². The number of nitrogens with one attached hydrogen (secondary N) is 1. The van der Waals surface area contributed by atoms with Crippen molar-refractivity contribution in [3.63, 3.8) is 0 Å². The molecule has 6 aromatic rings. The quantitative estimate of drug-likeness (QED) is 0.128. The van der Waals surface area contributed by atoms with Gasteiger partial charge in [-0.2, -0.15) is 5.10 Å². The molecular formula is C41H39N5O. The number of benzene rings is 5. The number of fused-ring (bicyclic) bond motifs is 1. The third kappa shape index (κ3) is 6.80. The van der Waals surface area contributed by atoms with E-state index in [2.05, 4.69) is 140 Å². The number of hydrazone groups is 1. The van der Waals surface area contributed by atoms with E-state index in [1.54, 1.807) is 6.21 Å². The van der Waals surface area contributed by atoms with Crippen molar-refractivity contribution in [1.82, 2.24) is 19.8 Å². The van der Waals surface area contributed by atoms with Crippen LogP contribution in [-0.2, 0) is 4.79 Å². The Balaban J connectivity index is 1.02. The minimum absolute atomic E-state index is 0.0804. The Labute approximate surface area is 276 Å². The Morgan fingerprint density at radius 3 is 1.87 bits per heavy atom. The van der Waals surface area contributed by atoms with Crippen LogP contribution in [0.4, 0.5) is 0 Å². The van der Waals surface area contributed by atoms with Crippen molar-refractivity contribution in [2.24, 2.45) is 5.10 Å². The van der Waals surface area contributed by atoms with Gasteiger partial charge in [0.1, 0.15) is 0 Å². The average Bonchev–Trinajstić information content (AvgIpc) is 3.47. The second-order valence-corrected chi connectivity index (χ2v) is 12.0. The van der Waals surface area contributed by atoms with Crippen LogP contribution in [0.5, 0.6) is 0 Å². The number of piperazine rings is 1. The van der Waals surface area contributed by atoms with Gasteiger partial charge in [0.05, 0.1) is 23.5 Å². The van der Waals surface area contributed by atoms with E-state index in [9.17, 15) is 4.79 Å². The van der Waals surface area contributed by atoms with Gasteiger partial charge in [0.25, 0.3) is 0 Å². The van der Waals surface area contributed by atoms with Gasteiger partial charge in [0.2, 0.25) is 5.91 Å². The highest BCUT2D eigenvalue weighted by atomic mass is 16.2. The van der Waals surface area contributed by atoms with Crippen LogP contribution in [0.25, 0.3) is 27.8 Å². The highest BCUT2D eigenvalue weighted by molar-refractivity contribution is 6.07. The molecule has 6 heteroatoms. The van der Waals surface area contributed by atoms with E-state index in [4.69, 9.17) is 0 Å². The molecule has 0 atom stereocenters. The Hall–Kier alpha value is -5.30. The third-order valence-electron chi connectivity index (χ3n) is 9.02. The van der Waals surface area contributed by atoms with Crippen LogP contribution < -0.4 is 5.43 Å². The Bertz CT molecular complexity index is 1890. The standard InChI is InChI=1S/C41H39N5O/c47-39(25-26-44-27-29-45(30-28-44)40(32-15-5-1-6-16-32)33-17-7-2-8-18-33)43-42-31-37-36-23-13-14-24-38(36)46(35-21-11-4-12-22-35)41(37)34-19-9-3-10-20-34/h1-24,31,40H,25-30H2,(H,43,47)/b42-31+. The summed E-state index contributed by atoms with van der Waals surface area (Å²) in [5.74, 6) is -0.0804. The van der Waals surface area contributed by atoms with Crippen molar-refractivity contribution in [3.05, 3.63) is 162 Å². The van der Waals surface area contributed by atoms with Crippen LogP contribution in [0.15, 0.2) is 151 Å². The summed E-state index contributed by atoms with van der Waals surface area (Å²) in [5.41, 5.74) is 10.7. The minimum atomic E-state index is -0.0804. The molecular weight excluding hydrogens is 578 g/mol. The molecule has 0 unspecified atom stereocenters. The van der Waals surface area contributed by atoms with E-state index in [0.717, 1.165) is 59.6 Å². The molecule has 0 bridgehead atoms. The summed E-state index contributed by atoms with van der Waals surface area (Å²) in [6, 6.07) is 50.8. The molecule has 1 fully saturated rings. The fourth-order valence-electron chi connectivity index (χ4n) is 6.74. The zero-order valence-corrected chi connectivity index (χ0v) is 26.5. The SMILES string of the molecule is O=C(CCN1CCN(C(c2ccccc2)c2ccccc2)CC1)N/N=C/c1c(-c2ccccc2)n(-c2ccccc2)c2ccccc12. The van der Waals surface area contributed by atoms with Gasteiger partial charge in [-0.05, 0) is 34.9 Å².